The minimum Gasteiger partial charge on any atom is -0.497 e. The number of methoxy groups -OCH3 is 3. The first kappa shape index (κ1) is 28.4. The maximum Gasteiger partial charge on any atom is 0.338 e. The Bertz CT molecular complexity index is 1810. The summed E-state index contributed by atoms with van der Waals surface area (Å²) in [6, 6.07) is 19.6. The molecule has 1 aliphatic heterocycles. The summed E-state index contributed by atoms with van der Waals surface area (Å²) in [6.45, 7) is 1.93. The molecule has 3 aromatic carbocycles. The first-order valence-electron chi connectivity index (χ1n) is 12.7. The summed E-state index contributed by atoms with van der Waals surface area (Å²) in [6.07, 6.45) is 1.78. The zero-order valence-corrected chi connectivity index (χ0v) is 25.2. The molecule has 0 aliphatic carbocycles. The van der Waals surface area contributed by atoms with E-state index in [0.29, 0.717) is 36.8 Å². The zero-order chi connectivity index (χ0) is 29.1. The van der Waals surface area contributed by atoms with Crippen LogP contribution in [0.2, 0.25) is 0 Å². The van der Waals surface area contributed by atoms with Gasteiger partial charge in [0.1, 0.15) is 5.75 Å². The lowest BCUT2D eigenvalue weighted by molar-refractivity contribution is -0.138. The average molecular weight is 636 g/mol. The topological polar surface area (TPSA) is 88.4 Å². The van der Waals surface area contributed by atoms with Gasteiger partial charge in [-0.1, -0.05) is 53.8 Å². The number of nitrogens with zero attached hydrogens (tertiary/aromatic N) is 2. The Hall–Kier alpha value is -4.15. The van der Waals surface area contributed by atoms with Crippen molar-refractivity contribution in [2.45, 2.75) is 13.0 Å². The number of fused-ring (bicyclic) bond motifs is 1. The number of hydrogen-bond acceptors (Lipinski definition) is 8. The van der Waals surface area contributed by atoms with Crippen molar-refractivity contribution < 1.29 is 23.7 Å². The van der Waals surface area contributed by atoms with Crippen LogP contribution in [0.3, 0.4) is 0 Å². The Kier molecular flexibility index (Phi) is 8.41. The van der Waals surface area contributed by atoms with Crippen molar-refractivity contribution in [2.75, 3.05) is 27.9 Å². The van der Waals surface area contributed by atoms with Crippen molar-refractivity contribution >= 4 is 45.0 Å². The molecule has 0 unspecified atom stereocenters. The van der Waals surface area contributed by atoms with Crippen molar-refractivity contribution in [3.63, 3.8) is 0 Å². The predicted octanol–water partition coefficient (Wildman–Crippen LogP) is 4.72. The van der Waals surface area contributed by atoms with Crippen molar-refractivity contribution in [3.05, 3.63) is 113 Å². The molecule has 41 heavy (non-hydrogen) atoms. The highest BCUT2D eigenvalue weighted by atomic mass is 79.9. The second-order valence-electron chi connectivity index (χ2n) is 8.94. The van der Waals surface area contributed by atoms with Gasteiger partial charge in [0.15, 0.2) is 16.3 Å². The fourth-order valence-corrected chi connectivity index (χ4v) is 6.34. The van der Waals surface area contributed by atoms with Crippen LogP contribution in [0.5, 0.6) is 17.2 Å². The average Bonchev–Trinajstić information content (AvgIpc) is 3.30. The van der Waals surface area contributed by atoms with E-state index in [4.69, 9.17) is 23.9 Å². The zero-order valence-electron chi connectivity index (χ0n) is 22.8. The molecule has 1 aromatic heterocycles. The summed E-state index contributed by atoms with van der Waals surface area (Å²) in [4.78, 5) is 33.0. The normalized spacial score (nSPS) is 14.8. The molecule has 10 heteroatoms. The van der Waals surface area contributed by atoms with Crippen molar-refractivity contribution in [2.24, 2.45) is 4.99 Å². The van der Waals surface area contributed by atoms with E-state index in [0.717, 1.165) is 16.7 Å². The van der Waals surface area contributed by atoms with Gasteiger partial charge in [-0.2, -0.15) is 0 Å². The number of rotatable bonds is 8. The van der Waals surface area contributed by atoms with Gasteiger partial charge >= 0.3 is 5.97 Å². The number of benzene rings is 3. The lowest BCUT2D eigenvalue weighted by atomic mass is 9.93. The van der Waals surface area contributed by atoms with E-state index >= 15 is 0 Å². The Morgan fingerprint density at radius 3 is 2.39 bits per heavy atom. The first-order chi connectivity index (χ1) is 19.9. The van der Waals surface area contributed by atoms with Gasteiger partial charge in [-0.3, -0.25) is 9.36 Å². The molecule has 1 aliphatic rings. The SMILES string of the molecule is CCOC(=O)C1=C(c2ccccc2)N=c2s/c(=C\c3cc(Br)c(OC)c(OC)c3)c(=O)n2[C@H]1c1ccc(OC)cc1. The van der Waals surface area contributed by atoms with Gasteiger partial charge in [-0.15, -0.1) is 0 Å². The summed E-state index contributed by atoms with van der Waals surface area (Å²) >= 11 is 4.77. The monoisotopic (exact) mass is 634 g/mol. The number of esters is 1. The quantitative estimate of drug-likeness (QED) is 0.261. The second-order valence-corrected chi connectivity index (χ2v) is 10.8. The van der Waals surface area contributed by atoms with Crippen molar-refractivity contribution in [1.82, 2.24) is 4.57 Å². The maximum absolute atomic E-state index is 14.1. The number of carbonyl (C=O) groups is 1. The van der Waals surface area contributed by atoms with Gasteiger partial charge < -0.3 is 18.9 Å². The third-order valence-corrected chi connectivity index (χ3v) is 8.13. The molecule has 0 saturated heterocycles. The smallest absolute Gasteiger partial charge is 0.338 e. The highest BCUT2D eigenvalue weighted by Crippen LogP contribution is 2.37. The lowest BCUT2D eigenvalue weighted by Gasteiger charge is -2.26. The van der Waals surface area contributed by atoms with Crippen LogP contribution in [0.25, 0.3) is 11.8 Å². The van der Waals surface area contributed by atoms with Gasteiger partial charge in [0.2, 0.25) is 0 Å². The maximum atomic E-state index is 14.1. The summed E-state index contributed by atoms with van der Waals surface area (Å²) < 4.78 is 24.5. The summed E-state index contributed by atoms with van der Waals surface area (Å²) in [5, 5.41) is 0. The van der Waals surface area contributed by atoms with Crippen molar-refractivity contribution in [3.8, 4) is 17.2 Å². The minimum atomic E-state index is -0.772. The first-order valence-corrected chi connectivity index (χ1v) is 14.3. The Morgan fingerprint density at radius 1 is 1.02 bits per heavy atom. The lowest BCUT2D eigenvalue weighted by Crippen LogP contribution is -2.40. The van der Waals surface area contributed by atoms with Crippen LogP contribution in [0.1, 0.15) is 29.7 Å². The molecular weight excluding hydrogens is 608 g/mol. The van der Waals surface area contributed by atoms with E-state index in [9.17, 15) is 9.59 Å². The largest absolute Gasteiger partial charge is 0.497 e. The van der Waals surface area contributed by atoms with E-state index in [1.165, 1.54) is 11.3 Å². The van der Waals surface area contributed by atoms with Crippen LogP contribution in [-0.2, 0) is 9.53 Å². The summed E-state index contributed by atoms with van der Waals surface area (Å²) in [5.41, 5.74) is 2.67. The summed E-state index contributed by atoms with van der Waals surface area (Å²) in [5.74, 6) is 1.20. The Balaban J connectivity index is 1.80. The Labute approximate surface area is 248 Å². The molecule has 5 rings (SSSR count). The fourth-order valence-electron chi connectivity index (χ4n) is 4.71. The minimum absolute atomic E-state index is 0.179. The molecule has 8 nitrogen and oxygen atoms in total. The number of ether oxygens (including phenoxy) is 4. The molecule has 0 bridgehead atoms. The third-order valence-electron chi connectivity index (χ3n) is 6.56. The van der Waals surface area contributed by atoms with Crippen LogP contribution in [-0.4, -0.2) is 38.5 Å². The van der Waals surface area contributed by atoms with Gasteiger partial charge in [-0.25, -0.2) is 9.79 Å². The van der Waals surface area contributed by atoms with Crippen molar-refractivity contribution in [1.29, 1.82) is 0 Å². The molecule has 0 saturated carbocycles. The number of carbonyl (C=O) groups excluding carboxylic acids is 1. The standard InChI is InChI=1S/C31H27BrN2O6S/c1-5-40-30(36)25-26(19-9-7-6-8-10-19)33-31-34(27(25)20-11-13-21(37-2)14-12-20)29(35)24(41-31)17-18-15-22(32)28(39-4)23(16-18)38-3/h6-17,27H,5H2,1-4H3/b24-17-/t27-/m0/s1. The van der Waals surface area contributed by atoms with Gasteiger partial charge in [-0.05, 0) is 64.3 Å². The second kappa shape index (κ2) is 12.2. The number of thiazole rings is 1. The summed E-state index contributed by atoms with van der Waals surface area (Å²) in [7, 11) is 4.70. The third kappa shape index (κ3) is 5.45. The number of halogens is 1. The molecule has 210 valence electrons. The molecule has 0 fully saturated rings. The number of aromatic nitrogens is 1. The molecule has 4 aromatic rings. The highest BCUT2D eigenvalue weighted by molar-refractivity contribution is 9.10. The van der Waals surface area contributed by atoms with Crippen LogP contribution < -0.4 is 29.1 Å². The van der Waals surface area contributed by atoms with Gasteiger partial charge in [0.25, 0.3) is 5.56 Å². The molecule has 2 heterocycles. The van der Waals surface area contributed by atoms with E-state index in [2.05, 4.69) is 15.9 Å². The van der Waals surface area contributed by atoms with E-state index in [-0.39, 0.29) is 17.7 Å². The fraction of sp³-hybridized carbons (Fsp3) is 0.194. The highest BCUT2D eigenvalue weighted by Gasteiger charge is 2.35. The van der Waals surface area contributed by atoms with Crippen LogP contribution in [0, 0.1) is 0 Å². The molecule has 0 N–H and O–H groups in total. The van der Waals surface area contributed by atoms with Crippen LogP contribution in [0.15, 0.2) is 86.6 Å². The Morgan fingerprint density at radius 2 is 1.76 bits per heavy atom. The van der Waals surface area contributed by atoms with E-state index in [1.807, 2.05) is 48.5 Å². The molecular formula is C31H27BrN2O6S. The molecule has 1 atom stereocenters. The molecule has 0 radical (unpaired) electrons. The van der Waals surface area contributed by atoms with E-state index < -0.39 is 12.0 Å². The van der Waals surface area contributed by atoms with Gasteiger partial charge in [0, 0.05) is 5.56 Å². The van der Waals surface area contributed by atoms with Crippen LogP contribution >= 0.6 is 27.3 Å². The predicted molar refractivity (Wildman–Crippen MR) is 161 cm³/mol. The van der Waals surface area contributed by atoms with Gasteiger partial charge in [0.05, 0.1) is 54.3 Å². The number of hydrogen-bond donors (Lipinski definition) is 0. The van der Waals surface area contributed by atoms with Crippen LogP contribution in [0.4, 0.5) is 0 Å². The van der Waals surface area contributed by atoms with E-state index in [1.54, 1.807) is 57.1 Å². The molecule has 0 spiro atoms. The molecule has 0 amide bonds.